The largest absolute Gasteiger partial charge is 0.353 e. The van der Waals surface area contributed by atoms with Gasteiger partial charge in [-0.3, -0.25) is 0 Å². The van der Waals surface area contributed by atoms with Crippen LogP contribution in [0.3, 0.4) is 0 Å². The van der Waals surface area contributed by atoms with Crippen molar-refractivity contribution in [3.05, 3.63) is 22.3 Å². The lowest BCUT2D eigenvalue weighted by molar-refractivity contribution is 0.410. The maximum absolute atomic E-state index is 5.69. The fraction of sp³-hybridized carbons (Fsp3) is 0.667. The monoisotopic (exact) mass is 325 g/mol. The van der Waals surface area contributed by atoms with Gasteiger partial charge in [-0.05, 0) is 60.3 Å². The Morgan fingerprint density at radius 2 is 2.11 bits per heavy atom. The Hall–Kier alpha value is -0.610. The molecule has 1 fully saturated rings. The number of anilines is 1. The number of hydrogen-bond donors (Lipinski definition) is 1. The highest BCUT2D eigenvalue weighted by atomic mass is 79.9. The molecule has 1 aliphatic rings. The van der Waals surface area contributed by atoms with Crippen LogP contribution in [0.25, 0.3) is 0 Å². The third-order valence-electron chi connectivity index (χ3n) is 3.91. The summed E-state index contributed by atoms with van der Waals surface area (Å²) in [6.45, 7) is 3.92. The lowest BCUT2D eigenvalue weighted by Gasteiger charge is -2.36. The van der Waals surface area contributed by atoms with Crippen LogP contribution in [-0.2, 0) is 0 Å². The molecule has 2 rings (SSSR count). The van der Waals surface area contributed by atoms with Crippen molar-refractivity contribution in [1.29, 1.82) is 0 Å². The van der Waals surface area contributed by atoms with Crippen molar-refractivity contribution in [2.75, 3.05) is 18.0 Å². The average molecular weight is 326 g/mol. The van der Waals surface area contributed by atoms with Crippen LogP contribution in [0.15, 0.2) is 16.7 Å². The number of pyridine rings is 1. The second-order valence-electron chi connectivity index (χ2n) is 5.42. The van der Waals surface area contributed by atoms with E-state index in [9.17, 15) is 0 Å². The van der Waals surface area contributed by atoms with Crippen molar-refractivity contribution < 1.29 is 0 Å². The lowest BCUT2D eigenvalue weighted by atomic mass is 9.93. The van der Waals surface area contributed by atoms with Gasteiger partial charge in [-0.25, -0.2) is 4.98 Å². The number of halogens is 1. The first kappa shape index (κ1) is 14.8. The Kier molecular flexibility index (Phi) is 5.64. The van der Waals surface area contributed by atoms with Crippen LogP contribution in [0.5, 0.6) is 0 Å². The maximum atomic E-state index is 5.69. The van der Waals surface area contributed by atoms with Crippen molar-refractivity contribution in [2.24, 2.45) is 5.73 Å². The van der Waals surface area contributed by atoms with Crippen molar-refractivity contribution in [2.45, 2.75) is 51.5 Å². The fourth-order valence-electron chi connectivity index (χ4n) is 2.95. The average Bonchev–Trinajstić information content (AvgIpc) is 2.42. The van der Waals surface area contributed by atoms with E-state index >= 15 is 0 Å². The minimum Gasteiger partial charge on any atom is -0.353 e. The zero-order valence-corrected chi connectivity index (χ0v) is 13.3. The molecule has 106 valence electrons. The van der Waals surface area contributed by atoms with Crippen molar-refractivity contribution in [3.63, 3.8) is 0 Å². The molecule has 2 N–H and O–H groups in total. The Bertz CT molecular complexity index is 402. The van der Waals surface area contributed by atoms with Gasteiger partial charge in [0.25, 0.3) is 0 Å². The van der Waals surface area contributed by atoms with Crippen molar-refractivity contribution >= 4 is 21.7 Å². The van der Waals surface area contributed by atoms with Crippen LogP contribution >= 0.6 is 15.9 Å². The molecule has 1 heterocycles. The van der Waals surface area contributed by atoms with Gasteiger partial charge in [-0.2, -0.15) is 0 Å². The number of aromatic nitrogens is 1. The summed E-state index contributed by atoms with van der Waals surface area (Å²) in [5, 5.41) is 0. The van der Waals surface area contributed by atoms with E-state index in [2.05, 4.69) is 38.8 Å². The van der Waals surface area contributed by atoms with Gasteiger partial charge >= 0.3 is 0 Å². The molecule has 0 aromatic carbocycles. The molecule has 0 aliphatic heterocycles. The Morgan fingerprint density at radius 3 is 2.74 bits per heavy atom. The predicted molar refractivity (Wildman–Crippen MR) is 84.6 cm³/mol. The second-order valence-corrected chi connectivity index (χ2v) is 6.34. The fourth-order valence-corrected chi connectivity index (χ4v) is 3.40. The molecule has 1 aliphatic carbocycles. The molecule has 1 aromatic rings. The van der Waals surface area contributed by atoms with E-state index in [1.807, 2.05) is 6.20 Å². The molecule has 0 spiro atoms. The third kappa shape index (κ3) is 3.93. The summed E-state index contributed by atoms with van der Waals surface area (Å²) in [5.41, 5.74) is 6.94. The van der Waals surface area contributed by atoms with E-state index in [0.29, 0.717) is 6.04 Å². The SMILES string of the molecule is Cc1cc(Br)cnc1N(CCCN)C1CCCCC1. The predicted octanol–water partition coefficient (Wildman–Crippen LogP) is 3.64. The molecule has 0 atom stereocenters. The van der Waals surface area contributed by atoms with E-state index in [1.54, 1.807) is 0 Å². The van der Waals surface area contributed by atoms with E-state index in [0.717, 1.165) is 29.8 Å². The molecule has 1 aromatic heterocycles. The summed E-state index contributed by atoms with van der Waals surface area (Å²) < 4.78 is 1.05. The Balaban J connectivity index is 2.19. The first-order valence-corrected chi connectivity index (χ1v) is 8.10. The molecular weight excluding hydrogens is 302 g/mol. The zero-order chi connectivity index (χ0) is 13.7. The normalized spacial score (nSPS) is 16.6. The molecule has 0 amide bonds. The summed E-state index contributed by atoms with van der Waals surface area (Å²) >= 11 is 3.49. The quantitative estimate of drug-likeness (QED) is 0.898. The number of aryl methyl sites for hydroxylation is 1. The highest BCUT2D eigenvalue weighted by Gasteiger charge is 2.23. The third-order valence-corrected chi connectivity index (χ3v) is 4.34. The van der Waals surface area contributed by atoms with E-state index in [-0.39, 0.29) is 0 Å². The highest BCUT2D eigenvalue weighted by Crippen LogP contribution is 2.29. The van der Waals surface area contributed by atoms with Gasteiger partial charge in [0.1, 0.15) is 5.82 Å². The maximum Gasteiger partial charge on any atom is 0.131 e. The molecule has 0 bridgehead atoms. The minimum atomic E-state index is 0.646. The summed E-state index contributed by atoms with van der Waals surface area (Å²) in [6, 6.07) is 2.80. The summed E-state index contributed by atoms with van der Waals surface area (Å²) in [7, 11) is 0. The number of nitrogens with zero attached hydrogens (tertiary/aromatic N) is 2. The van der Waals surface area contributed by atoms with E-state index in [4.69, 9.17) is 5.73 Å². The highest BCUT2D eigenvalue weighted by molar-refractivity contribution is 9.10. The van der Waals surface area contributed by atoms with Gasteiger partial charge in [0.05, 0.1) is 0 Å². The lowest BCUT2D eigenvalue weighted by Crippen LogP contribution is -2.39. The molecule has 0 unspecified atom stereocenters. The smallest absolute Gasteiger partial charge is 0.131 e. The van der Waals surface area contributed by atoms with Crippen LogP contribution in [0, 0.1) is 6.92 Å². The molecular formula is C15H24BrN3. The summed E-state index contributed by atoms with van der Waals surface area (Å²) in [4.78, 5) is 7.14. The molecule has 0 saturated heterocycles. The van der Waals surface area contributed by atoms with Crippen LogP contribution in [0.2, 0.25) is 0 Å². The zero-order valence-electron chi connectivity index (χ0n) is 11.7. The standard InChI is InChI=1S/C15H24BrN3/c1-12-10-13(16)11-18-15(12)19(9-5-8-17)14-6-3-2-4-7-14/h10-11,14H,2-9,17H2,1H3. The first-order valence-electron chi connectivity index (χ1n) is 7.31. The van der Waals surface area contributed by atoms with Gasteiger partial charge in [-0.1, -0.05) is 19.3 Å². The molecule has 3 nitrogen and oxygen atoms in total. The van der Waals surface area contributed by atoms with E-state index in [1.165, 1.54) is 37.7 Å². The van der Waals surface area contributed by atoms with Crippen LogP contribution in [-0.4, -0.2) is 24.1 Å². The van der Waals surface area contributed by atoms with Crippen LogP contribution < -0.4 is 10.6 Å². The molecule has 19 heavy (non-hydrogen) atoms. The molecule has 1 saturated carbocycles. The topological polar surface area (TPSA) is 42.2 Å². The minimum absolute atomic E-state index is 0.646. The summed E-state index contributed by atoms with van der Waals surface area (Å²) in [6.07, 6.45) is 9.60. The molecule has 0 radical (unpaired) electrons. The molecule has 4 heteroatoms. The Labute approximate surface area is 124 Å². The first-order chi connectivity index (χ1) is 9.22. The number of nitrogens with two attached hydrogens (primary N) is 1. The van der Waals surface area contributed by atoms with Gasteiger partial charge in [0.15, 0.2) is 0 Å². The Morgan fingerprint density at radius 1 is 1.37 bits per heavy atom. The van der Waals surface area contributed by atoms with Crippen molar-refractivity contribution in [1.82, 2.24) is 4.98 Å². The second kappa shape index (κ2) is 7.25. The van der Waals surface area contributed by atoms with E-state index < -0.39 is 0 Å². The summed E-state index contributed by atoms with van der Waals surface area (Å²) in [5.74, 6) is 1.14. The number of rotatable bonds is 5. The van der Waals surface area contributed by atoms with Crippen molar-refractivity contribution in [3.8, 4) is 0 Å². The van der Waals surface area contributed by atoms with Crippen LogP contribution in [0.1, 0.15) is 44.1 Å². The number of hydrogen-bond acceptors (Lipinski definition) is 3. The van der Waals surface area contributed by atoms with Gasteiger partial charge in [-0.15, -0.1) is 0 Å². The van der Waals surface area contributed by atoms with Gasteiger partial charge in [0.2, 0.25) is 0 Å². The van der Waals surface area contributed by atoms with Crippen LogP contribution in [0.4, 0.5) is 5.82 Å². The van der Waals surface area contributed by atoms with Gasteiger partial charge < -0.3 is 10.6 Å². The van der Waals surface area contributed by atoms with Gasteiger partial charge in [0, 0.05) is 23.3 Å².